The third-order valence-electron chi connectivity index (χ3n) is 3.53. The van der Waals surface area contributed by atoms with Gasteiger partial charge in [-0.25, -0.2) is 4.39 Å². The molecule has 4 heteroatoms. The summed E-state index contributed by atoms with van der Waals surface area (Å²) in [7, 11) is 0. The van der Waals surface area contributed by atoms with Gasteiger partial charge in [0, 0.05) is 11.4 Å². The van der Waals surface area contributed by atoms with Gasteiger partial charge in [0.05, 0.1) is 6.54 Å². The molecule has 22 heavy (non-hydrogen) atoms. The van der Waals surface area contributed by atoms with Crippen LogP contribution in [0.5, 0.6) is 0 Å². The highest BCUT2D eigenvalue weighted by atomic mass is 19.1. The highest BCUT2D eigenvalue weighted by Gasteiger charge is 2.08. The zero-order chi connectivity index (χ0) is 15.9. The Kier molecular flexibility index (Phi) is 5.53. The number of carbonyl (C=O) groups excluding carboxylic acids is 1. The minimum absolute atomic E-state index is 0.153. The molecule has 2 aromatic carbocycles. The molecular formula is C18H21FN2O. The standard InChI is InChI=1S/C18H21FN2O/c1-3-13-7-5-8-14(4-2)18(13)20-12-17(22)21-16-10-6-9-15(19)11-16/h5-11,20H,3-4,12H2,1-2H3,(H,21,22). The lowest BCUT2D eigenvalue weighted by molar-refractivity contribution is -0.114. The van der Waals surface area contributed by atoms with Crippen LogP contribution in [0, 0.1) is 5.82 Å². The number of para-hydroxylation sites is 1. The number of rotatable bonds is 6. The number of anilines is 2. The second kappa shape index (κ2) is 7.59. The monoisotopic (exact) mass is 300 g/mol. The fourth-order valence-corrected chi connectivity index (χ4v) is 2.41. The van der Waals surface area contributed by atoms with Crippen molar-refractivity contribution >= 4 is 17.3 Å². The summed E-state index contributed by atoms with van der Waals surface area (Å²) in [6.07, 6.45) is 1.81. The number of amides is 1. The van der Waals surface area contributed by atoms with Gasteiger partial charge >= 0.3 is 0 Å². The maximum Gasteiger partial charge on any atom is 0.243 e. The van der Waals surface area contributed by atoms with E-state index in [1.165, 1.54) is 23.3 Å². The van der Waals surface area contributed by atoms with Crippen molar-refractivity contribution in [3.05, 3.63) is 59.4 Å². The van der Waals surface area contributed by atoms with Gasteiger partial charge in [-0.05, 0) is 42.2 Å². The molecule has 0 heterocycles. The Labute approximate surface area is 130 Å². The third kappa shape index (κ3) is 4.07. The molecule has 0 fully saturated rings. The number of carbonyl (C=O) groups is 1. The highest BCUT2D eigenvalue weighted by Crippen LogP contribution is 2.22. The molecule has 116 valence electrons. The van der Waals surface area contributed by atoms with Crippen LogP contribution in [0.15, 0.2) is 42.5 Å². The lowest BCUT2D eigenvalue weighted by Crippen LogP contribution is -2.22. The molecule has 0 bridgehead atoms. The molecule has 3 nitrogen and oxygen atoms in total. The summed E-state index contributed by atoms with van der Waals surface area (Å²) < 4.78 is 13.1. The molecule has 0 aliphatic carbocycles. The van der Waals surface area contributed by atoms with Gasteiger partial charge in [0.1, 0.15) is 5.82 Å². The van der Waals surface area contributed by atoms with Crippen LogP contribution in [0.1, 0.15) is 25.0 Å². The van der Waals surface area contributed by atoms with Crippen LogP contribution >= 0.6 is 0 Å². The van der Waals surface area contributed by atoms with E-state index in [0.29, 0.717) is 5.69 Å². The molecule has 0 saturated heterocycles. The largest absolute Gasteiger partial charge is 0.376 e. The van der Waals surface area contributed by atoms with Crippen molar-refractivity contribution in [2.24, 2.45) is 0 Å². The van der Waals surface area contributed by atoms with Gasteiger partial charge < -0.3 is 10.6 Å². The summed E-state index contributed by atoms with van der Waals surface area (Å²) in [6, 6.07) is 12.0. The topological polar surface area (TPSA) is 41.1 Å². The minimum atomic E-state index is -0.365. The first-order chi connectivity index (χ1) is 10.6. The molecule has 0 aromatic heterocycles. The molecule has 0 spiro atoms. The van der Waals surface area contributed by atoms with Gasteiger partial charge in [0.25, 0.3) is 0 Å². The predicted molar refractivity (Wildman–Crippen MR) is 88.7 cm³/mol. The van der Waals surface area contributed by atoms with Crippen LogP contribution < -0.4 is 10.6 Å². The first-order valence-corrected chi connectivity index (χ1v) is 7.54. The smallest absolute Gasteiger partial charge is 0.243 e. The van der Waals surface area contributed by atoms with Crippen LogP contribution in [0.2, 0.25) is 0 Å². The second-order valence-corrected chi connectivity index (χ2v) is 5.07. The van der Waals surface area contributed by atoms with Crippen molar-refractivity contribution in [1.82, 2.24) is 0 Å². The quantitative estimate of drug-likeness (QED) is 0.846. The Morgan fingerprint density at radius 1 is 1.05 bits per heavy atom. The number of benzene rings is 2. The number of aryl methyl sites for hydroxylation is 2. The maximum absolute atomic E-state index is 13.1. The number of nitrogens with one attached hydrogen (secondary N) is 2. The summed E-state index contributed by atoms with van der Waals surface area (Å²) in [6.45, 7) is 4.33. The molecule has 0 unspecified atom stereocenters. The Balaban J connectivity index is 2.02. The van der Waals surface area contributed by atoms with E-state index in [2.05, 4.69) is 36.6 Å². The zero-order valence-electron chi connectivity index (χ0n) is 12.9. The SMILES string of the molecule is CCc1cccc(CC)c1NCC(=O)Nc1cccc(F)c1. The van der Waals surface area contributed by atoms with E-state index < -0.39 is 0 Å². The van der Waals surface area contributed by atoms with Crippen LogP contribution in [-0.4, -0.2) is 12.5 Å². The minimum Gasteiger partial charge on any atom is -0.376 e. The Morgan fingerprint density at radius 2 is 1.68 bits per heavy atom. The van der Waals surface area contributed by atoms with E-state index >= 15 is 0 Å². The Morgan fingerprint density at radius 3 is 2.27 bits per heavy atom. The fourth-order valence-electron chi connectivity index (χ4n) is 2.41. The van der Waals surface area contributed by atoms with Crippen molar-refractivity contribution in [2.75, 3.05) is 17.2 Å². The lowest BCUT2D eigenvalue weighted by Gasteiger charge is -2.15. The number of halogens is 1. The maximum atomic E-state index is 13.1. The van der Waals surface area contributed by atoms with E-state index in [4.69, 9.17) is 0 Å². The van der Waals surface area contributed by atoms with Gasteiger partial charge in [-0.3, -0.25) is 4.79 Å². The highest BCUT2D eigenvalue weighted by molar-refractivity contribution is 5.93. The molecule has 0 radical (unpaired) electrons. The van der Waals surface area contributed by atoms with Crippen molar-refractivity contribution < 1.29 is 9.18 Å². The Hall–Kier alpha value is -2.36. The summed E-state index contributed by atoms with van der Waals surface area (Å²) in [4.78, 5) is 12.0. The summed E-state index contributed by atoms with van der Waals surface area (Å²) >= 11 is 0. The molecule has 0 atom stereocenters. The van der Waals surface area contributed by atoms with Gasteiger partial charge in [-0.15, -0.1) is 0 Å². The molecule has 1 amide bonds. The van der Waals surface area contributed by atoms with Crippen molar-refractivity contribution in [2.45, 2.75) is 26.7 Å². The molecule has 2 aromatic rings. The van der Waals surface area contributed by atoms with Crippen molar-refractivity contribution in [1.29, 1.82) is 0 Å². The Bertz CT molecular complexity index is 633. The summed E-state index contributed by atoms with van der Waals surface area (Å²) in [5.74, 6) is -0.561. The lowest BCUT2D eigenvalue weighted by atomic mass is 10.0. The van der Waals surface area contributed by atoms with Crippen molar-refractivity contribution in [3.63, 3.8) is 0 Å². The molecule has 0 aliphatic heterocycles. The van der Waals surface area contributed by atoms with Crippen LogP contribution in [0.4, 0.5) is 15.8 Å². The van der Waals surface area contributed by atoms with Gasteiger partial charge in [-0.2, -0.15) is 0 Å². The van der Waals surface area contributed by atoms with E-state index in [1.54, 1.807) is 12.1 Å². The molecule has 2 N–H and O–H groups in total. The first-order valence-electron chi connectivity index (χ1n) is 7.54. The van der Waals surface area contributed by atoms with Crippen LogP contribution in [0.3, 0.4) is 0 Å². The molecule has 0 saturated carbocycles. The molecule has 2 rings (SSSR count). The predicted octanol–water partition coefficient (Wildman–Crippen LogP) is 4.00. The van der Waals surface area contributed by atoms with E-state index in [0.717, 1.165) is 18.5 Å². The number of hydrogen-bond acceptors (Lipinski definition) is 2. The fraction of sp³-hybridized carbons (Fsp3) is 0.278. The van der Waals surface area contributed by atoms with Crippen LogP contribution in [-0.2, 0) is 17.6 Å². The normalized spacial score (nSPS) is 10.3. The average Bonchev–Trinajstić information content (AvgIpc) is 2.52. The number of hydrogen-bond donors (Lipinski definition) is 2. The average molecular weight is 300 g/mol. The second-order valence-electron chi connectivity index (χ2n) is 5.07. The summed E-state index contributed by atoms with van der Waals surface area (Å²) in [5, 5.41) is 5.90. The molecular weight excluding hydrogens is 279 g/mol. The van der Waals surface area contributed by atoms with E-state index in [-0.39, 0.29) is 18.3 Å². The van der Waals surface area contributed by atoms with Crippen LogP contribution in [0.25, 0.3) is 0 Å². The van der Waals surface area contributed by atoms with Gasteiger partial charge in [-0.1, -0.05) is 38.1 Å². The molecule has 0 aliphatic rings. The van der Waals surface area contributed by atoms with E-state index in [9.17, 15) is 9.18 Å². The third-order valence-corrected chi connectivity index (χ3v) is 3.53. The zero-order valence-corrected chi connectivity index (χ0v) is 12.9. The van der Waals surface area contributed by atoms with Gasteiger partial charge in [0.15, 0.2) is 0 Å². The van der Waals surface area contributed by atoms with Crippen molar-refractivity contribution in [3.8, 4) is 0 Å². The summed E-state index contributed by atoms with van der Waals surface area (Å²) in [5.41, 5.74) is 3.88. The van der Waals surface area contributed by atoms with Gasteiger partial charge in [0.2, 0.25) is 5.91 Å². The van der Waals surface area contributed by atoms with E-state index in [1.807, 2.05) is 6.07 Å². The first kappa shape index (κ1) is 16.0.